The van der Waals surface area contributed by atoms with Crippen LogP contribution in [0.25, 0.3) is 0 Å². The van der Waals surface area contributed by atoms with Crippen LogP contribution in [0.2, 0.25) is 0 Å². The van der Waals surface area contributed by atoms with Crippen LogP contribution in [-0.2, 0) is 14.4 Å². The molecule has 114 valence electrons. The first kappa shape index (κ1) is 16.7. The van der Waals surface area contributed by atoms with Crippen LogP contribution in [0.15, 0.2) is 30.3 Å². The molecule has 1 aromatic carbocycles. The van der Waals surface area contributed by atoms with E-state index in [1.54, 1.807) is 32.9 Å². The largest absolute Gasteiger partial charge is 0.326 e. The summed E-state index contributed by atoms with van der Waals surface area (Å²) in [4.78, 5) is 34.7. The second-order valence-electron chi connectivity index (χ2n) is 5.67. The van der Waals surface area contributed by atoms with Crippen molar-refractivity contribution in [3.63, 3.8) is 0 Å². The van der Waals surface area contributed by atoms with E-state index in [-0.39, 0.29) is 24.7 Å². The van der Waals surface area contributed by atoms with Gasteiger partial charge in [0.1, 0.15) is 0 Å². The summed E-state index contributed by atoms with van der Waals surface area (Å²) in [6.45, 7) is 5.21. The second-order valence-corrected chi connectivity index (χ2v) is 5.67. The molecule has 0 heterocycles. The van der Waals surface area contributed by atoms with E-state index in [2.05, 4.69) is 16.2 Å². The minimum atomic E-state index is -0.585. The van der Waals surface area contributed by atoms with Crippen molar-refractivity contribution in [2.45, 2.75) is 33.6 Å². The highest BCUT2D eigenvalue weighted by atomic mass is 16.2. The molecule has 6 heteroatoms. The maximum absolute atomic E-state index is 11.6. The van der Waals surface area contributed by atoms with E-state index in [0.717, 1.165) is 0 Å². The number of hydrogen-bond acceptors (Lipinski definition) is 3. The first-order valence-corrected chi connectivity index (χ1v) is 6.73. The molecule has 0 fully saturated rings. The Balaban J connectivity index is 2.27. The van der Waals surface area contributed by atoms with Gasteiger partial charge in [-0.1, -0.05) is 39.0 Å². The number of rotatable bonds is 4. The van der Waals surface area contributed by atoms with Crippen LogP contribution < -0.4 is 16.2 Å². The lowest BCUT2D eigenvalue weighted by atomic mass is 9.96. The minimum Gasteiger partial charge on any atom is -0.326 e. The highest BCUT2D eigenvalue weighted by Crippen LogP contribution is 2.11. The first-order valence-electron chi connectivity index (χ1n) is 6.73. The molecule has 0 saturated heterocycles. The summed E-state index contributed by atoms with van der Waals surface area (Å²) in [5.41, 5.74) is 4.71. The zero-order chi connectivity index (χ0) is 15.9. The van der Waals surface area contributed by atoms with Crippen molar-refractivity contribution in [3.8, 4) is 0 Å². The van der Waals surface area contributed by atoms with Crippen molar-refractivity contribution in [2.24, 2.45) is 5.41 Å². The van der Waals surface area contributed by atoms with Crippen LogP contribution in [-0.4, -0.2) is 17.7 Å². The topological polar surface area (TPSA) is 87.3 Å². The van der Waals surface area contributed by atoms with Crippen LogP contribution >= 0.6 is 0 Å². The fourth-order valence-corrected chi connectivity index (χ4v) is 1.35. The lowest BCUT2D eigenvalue weighted by molar-refractivity contribution is -0.134. The summed E-state index contributed by atoms with van der Waals surface area (Å²) in [5, 5.41) is 2.68. The summed E-state index contributed by atoms with van der Waals surface area (Å²) in [6, 6.07) is 9.00. The molecular formula is C15H21N3O3. The fraction of sp³-hybridized carbons (Fsp3) is 0.400. The number of para-hydroxylation sites is 1. The molecule has 3 amide bonds. The molecule has 0 aliphatic carbocycles. The first-order chi connectivity index (χ1) is 9.79. The van der Waals surface area contributed by atoms with E-state index in [1.807, 2.05) is 18.2 Å². The van der Waals surface area contributed by atoms with Crippen LogP contribution in [0.4, 0.5) is 5.69 Å². The normalized spacial score (nSPS) is 10.6. The number of hydrazine groups is 1. The van der Waals surface area contributed by atoms with Gasteiger partial charge in [0.15, 0.2) is 0 Å². The molecule has 0 saturated carbocycles. The van der Waals surface area contributed by atoms with Crippen molar-refractivity contribution in [1.29, 1.82) is 0 Å². The molecule has 3 N–H and O–H groups in total. The van der Waals surface area contributed by atoms with E-state index in [4.69, 9.17) is 0 Å². The summed E-state index contributed by atoms with van der Waals surface area (Å²) in [7, 11) is 0. The van der Waals surface area contributed by atoms with Gasteiger partial charge in [-0.3, -0.25) is 25.2 Å². The zero-order valence-electron chi connectivity index (χ0n) is 12.5. The molecule has 1 aromatic rings. The Morgan fingerprint density at radius 2 is 1.48 bits per heavy atom. The van der Waals surface area contributed by atoms with Gasteiger partial charge in [0.05, 0.1) is 0 Å². The Kier molecular flexibility index (Phi) is 5.90. The van der Waals surface area contributed by atoms with Crippen LogP contribution in [0, 0.1) is 5.41 Å². The van der Waals surface area contributed by atoms with E-state index in [1.165, 1.54) is 0 Å². The summed E-state index contributed by atoms with van der Waals surface area (Å²) < 4.78 is 0. The Morgan fingerprint density at radius 3 is 2.05 bits per heavy atom. The van der Waals surface area contributed by atoms with Gasteiger partial charge in [-0.15, -0.1) is 0 Å². The molecule has 0 radical (unpaired) electrons. The smallest absolute Gasteiger partial charge is 0.243 e. The summed E-state index contributed by atoms with van der Waals surface area (Å²) in [5.74, 6) is -0.945. The van der Waals surface area contributed by atoms with Gasteiger partial charge >= 0.3 is 0 Å². The Hall–Kier alpha value is -2.37. The predicted molar refractivity (Wildman–Crippen MR) is 80.0 cm³/mol. The minimum absolute atomic E-state index is 0.00307. The molecule has 0 aliphatic heterocycles. The Bertz CT molecular complexity index is 507. The number of benzene rings is 1. The van der Waals surface area contributed by atoms with Gasteiger partial charge in [0.2, 0.25) is 17.7 Å². The molecule has 0 spiro atoms. The maximum atomic E-state index is 11.6. The number of anilines is 1. The van der Waals surface area contributed by atoms with Crippen molar-refractivity contribution in [3.05, 3.63) is 30.3 Å². The molecule has 21 heavy (non-hydrogen) atoms. The monoisotopic (exact) mass is 291 g/mol. The molecule has 0 bridgehead atoms. The Morgan fingerprint density at radius 1 is 0.905 bits per heavy atom. The van der Waals surface area contributed by atoms with Gasteiger partial charge in [0.25, 0.3) is 0 Å². The van der Waals surface area contributed by atoms with Crippen LogP contribution in [0.3, 0.4) is 0 Å². The predicted octanol–water partition coefficient (Wildman–Crippen LogP) is 1.60. The SMILES string of the molecule is CC(C)(C)C(=O)NNC(=O)CCC(=O)Nc1ccccc1. The molecule has 1 rings (SSSR count). The summed E-state index contributed by atoms with van der Waals surface area (Å²) in [6.07, 6.45) is 0.0508. The lowest BCUT2D eigenvalue weighted by Crippen LogP contribution is -2.46. The van der Waals surface area contributed by atoms with Gasteiger partial charge in [0, 0.05) is 23.9 Å². The standard InChI is InChI=1S/C15H21N3O3/c1-15(2,3)14(21)18-17-13(20)10-9-12(19)16-11-7-5-4-6-8-11/h4-8H,9-10H2,1-3H3,(H,16,19)(H,17,20)(H,18,21). The summed E-state index contributed by atoms with van der Waals surface area (Å²) >= 11 is 0. The number of nitrogens with one attached hydrogen (secondary N) is 3. The molecule has 0 aromatic heterocycles. The van der Waals surface area contributed by atoms with E-state index in [0.29, 0.717) is 5.69 Å². The van der Waals surface area contributed by atoms with E-state index < -0.39 is 11.3 Å². The molecule has 0 unspecified atom stereocenters. The highest BCUT2D eigenvalue weighted by Gasteiger charge is 2.21. The Labute approximate surface area is 124 Å². The third-order valence-electron chi connectivity index (χ3n) is 2.63. The second kappa shape index (κ2) is 7.42. The molecule has 6 nitrogen and oxygen atoms in total. The average molecular weight is 291 g/mol. The fourth-order valence-electron chi connectivity index (χ4n) is 1.35. The maximum Gasteiger partial charge on any atom is 0.243 e. The van der Waals surface area contributed by atoms with Crippen molar-refractivity contribution >= 4 is 23.4 Å². The van der Waals surface area contributed by atoms with E-state index in [9.17, 15) is 14.4 Å². The average Bonchev–Trinajstić information content (AvgIpc) is 2.42. The van der Waals surface area contributed by atoms with Crippen LogP contribution in [0.5, 0.6) is 0 Å². The number of hydrogen-bond donors (Lipinski definition) is 3. The van der Waals surface area contributed by atoms with E-state index >= 15 is 0 Å². The molecular weight excluding hydrogens is 270 g/mol. The van der Waals surface area contributed by atoms with Crippen LogP contribution in [0.1, 0.15) is 33.6 Å². The zero-order valence-corrected chi connectivity index (χ0v) is 12.5. The third-order valence-corrected chi connectivity index (χ3v) is 2.63. The third kappa shape index (κ3) is 6.56. The van der Waals surface area contributed by atoms with Gasteiger partial charge < -0.3 is 5.32 Å². The number of carbonyl (C=O) groups is 3. The van der Waals surface area contributed by atoms with Crippen molar-refractivity contribution < 1.29 is 14.4 Å². The quantitative estimate of drug-likeness (QED) is 0.736. The van der Waals surface area contributed by atoms with Gasteiger partial charge in [-0.05, 0) is 12.1 Å². The van der Waals surface area contributed by atoms with Gasteiger partial charge in [-0.2, -0.15) is 0 Å². The highest BCUT2D eigenvalue weighted by molar-refractivity contribution is 5.93. The number of amides is 3. The molecule has 0 aliphatic rings. The van der Waals surface area contributed by atoms with Crippen molar-refractivity contribution in [2.75, 3.05) is 5.32 Å². The van der Waals surface area contributed by atoms with Crippen molar-refractivity contribution in [1.82, 2.24) is 10.9 Å². The number of carbonyl (C=O) groups excluding carboxylic acids is 3. The lowest BCUT2D eigenvalue weighted by Gasteiger charge is -2.17. The molecule has 0 atom stereocenters. The van der Waals surface area contributed by atoms with Gasteiger partial charge in [-0.25, -0.2) is 0 Å².